The monoisotopic (exact) mass is 407 g/mol. The molecule has 0 unspecified atom stereocenters. The molecule has 1 rings (SSSR count). The van der Waals surface area contributed by atoms with E-state index in [1.165, 1.54) is 5.56 Å². The third kappa shape index (κ3) is 6.57. The predicted molar refractivity (Wildman–Crippen MR) is 90.4 cm³/mol. The first-order valence-corrected chi connectivity index (χ1v) is 8.43. The molecule has 20 heavy (non-hydrogen) atoms. The summed E-state index contributed by atoms with van der Waals surface area (Å²) < 4.78 is 12.8. The fourth-order valence-electron chi connectivity index (χ4n) is 1.66. The molecule has 0 spiro atoms. The van der Waals surface area contributed by atoms with Crippen LogP contribution < -0.4 is 10.1 Å². The highest BCUT2D eigenvalue weighted by atomic mass is 79.9. The van der Waals surface area contributed by atoms with E-state index in [0.717, 1.165) is 47.4 Å². The van der Waals surface area contributed by atoms with Crippen LogP contribution in [0.4, 0.5) is 0 Å². The highest BCUT2D eigenvalue weighted by Gasteiger charge is 2.09. The number of nitrogens with one attached hydrogen (secondary N) is 1. The van der Waals surface area contributed by atoms with Gasteiger partial charge in [-0.2, -0.15) is 0 Å². The molecule has 0 aliphatic rings. The molecule has 114 valence electrons. The second-order valence-electron chi connectivity index (χ2n) is 5.09. The maximum Gasteiger partial charge on any atom is 0.147 e. The lowest BCUT2D eigenvalue weighted by molar-refractivity contribution is 0.199. The Hall–Kier alpha value is -0.100. The molecule has 0 bridgehead atoms. The highest BCUT2D eigenvalue weighted by molar-refractivity contribution is 9.11. The molecule has 5 heteroatoms. The molecule has 1 N–H and O–H groups in total. The molecule has 0 saturated carbocycles. The quantitative estimate of drug-likeness (QED) is 0.615. The smallest absolute Gasteiger partial charge is 0.147 e. The molecule has 1 aromatic carbocycles. The Balaban J connectivity index is 2.57. The summed E-state index contributed by atoms with van der Waals surface area (Å²) in [5.74, 6) is 1.53. The zero-order valence-corrected chi connectivity index (χ0v) is 15.5. The summed E-state index contributed by atoms with van der Waals surface area (Å²) in [7, 11) is 1.71. The molecule has 1 aromatic rings. The molecule has 0 radical (unpaired) electrons. The third-order valence-corrected chi connectivity index (χ3v) is 3.99. The van der Waals surface area contributed by atoms with E-state index in [-0.39, 0.29) is 0 Å². The first-order valence-electron chi connectivity index (χ1n) is 6.85. The van der Waals surface area contributed by atoms with Gasteiger partial charge in [0.1, 0.15) is 5.75 Å². The van der Waals surface area contributed by atoms with E-state index in [2.05, 4.69) is 63.2 Å². The Bertz CT molecular complexity index is 388. The lowest BCUT2D eigenvalue weighted by Gasteiger charge is -2.13. The van der Waals surface area contributed by atoms with Crippen LogP contribution in [0.15, 0.2) is 21.1 Å². The van der Waals surface area contributed by atoms with Crippen molar-refractivity contribution in [3.05, 3.63) is 26.6 Å². The standard InChI is InChI=1S/C15H23Br2NO2/c1-11(2)4-6-20-15-13(16)8-12(9-14(15)17)10-18-5-7-19-3/h8-9,11,18H,4-7,10H2,1-3H3. The average Bonchev–Trinajstić information content (AvgIpc) is 2.37. The van der Waals surface area contributed by atoms with Crippen LogP contribution in [-0.4, -0.2) is 26.9 Å². The van der Waals surface area contributed by atoms with E-state index in [0.29, 0.717) is 5.92 Å². The van der Waals surface area contributed by atoms with Crippen molar-refractivity contribution in [2.45, 2.75) is 26.8 Å². The van der Waals surface area contributed by atoms with Crippen LogP contribution in [0.3, 0.4) is 0 Å². The van der Waals surface area contributed by atoms with Crippen LogP contribution in [0, 0.1) is 5.92 Å². The Morgan fingerprint density at radius 3 is 2.35 bits per heavy atom. The van der Waals surface area contributed by atoms with Crippen LogP contribution in [-0.2, 0) is 11.3 Å². The van der Waals surface area contributed by atoms with E-state index in [1.54, 1.807) is 7.11 Å². The van der Waals surface area contributed by atoms with Gasteiger partial charge in [0.15, 0.2) is 0 Å². The van der Waals surface area contributed by atoms with Gasteiger partial charge in [0.05, 0.1) is 22.2 Å². The van der Waals surface area contributed by atoms with Gasteiger partial charge in [-0.05, 0) is 61.9 Å². The first-order chi connectivity index (χ1) is 9.54. The molecular weight excluding hydrogens is 386 g/mol. The number of halogens is 2. The molecule has 0 aliphatic heterocycles. The summed E-state index contributed by atoms with van der Waals surface area (Å²) in [5.41, 5.74) is 1.20. The van der Waals surface area contributed by atoms with Gasteiger partial charge in [-0.1, -0.05) is 13.8 Å². The second kappa shape index (κ2) is 9.77. The van der Waals surface area contributed by atoms with Gasteiger partial charge in [-0.3, -0.25) is 0 Å². The van der Waals surface area contributed by atoms with Crippen molar-refractivity contribution in [1.82, 2.24) is 5.32 Å². The Morgan fingerprint density at radius 1 is 1.15 bits per heavy atom. The SMILES string of the molecule is COCCNCc1cc(Br)c(OCCC(C)C)c(Br)c1. The van der Waals surface area contributed by atoms with E-state index < -0.39 is 0 Å². The maximum atomic E-state index is 5.84. The summed E-state index contributed by atoms with van der Waals surface area (Å²) in [6.45, 7) is 7.51. The van der Waals surface area contributed by atoms with Gasteiger partial charge in [0, 0.05) is 20.2 Å². The largest absolute Gasteiger partial charge is 0.491 e. The summed E-state index contributed by atoms with van der Waals surface area (Å²) in [6, 6.07) is 4.19. The molecule has 0 amide bonds. The van der Waals surface area contributed by atoms with E-state index in [4.69, 9.17) is 9.47 Å². The molecular formula is C15H23Br2NO2. The maximum absolute atomic E-state index is 5.84. The third-order valence-electron chi connectivity index (χ3n) is 2.81. The minimum atomic E-state index is 0.650. The topological polar surface area (TPSA) is 30.5 Å². The van der Waals surface area contributed by atoms with Crippen LogP contribution in [0.1, 0.15) is 25.8 Å². The molecule has 0 heterocycles. The number of rotatable bonds is 9. The minimum absolute atomic E-state index is 0.650. The molecule has 0 aliphatic carbocycles. The Kier molecular flexibility index (Phi) is 8.77. The molecule has 3 nitrogen and oxygen atoms in total. The van der Waals surface area contributed by atoms with E-state index in [1.807, 2.05) is 0 Å². The van der Waals surface area contributed by atoms with Crippen LogP contribution >= 0.6 is 31.9 Å². The average molecular weight is 409 g/mol. The van der Waals surface area contributed by atoms with Gasteiger partial charge in [-0.25, -0.2) is 0 Å². The van der Waals surface area contributed by atoms with Gasteiger partial charge in [0.2, 0.25) is 0 Å². The van der Waals surface area contributed by atoms with Crippen molar-refractivity contribution in [3.63, 3.8) is 0 Å². The van der Waals surface area contributed by atoms with Crippen molar-refractivity contribution in [3.8, 4) is 5.75 Å². The highest BCUT2D eigenvalue weighted by Crippen LogP contribution is 2.35. The zero-order chi connectivity index (χ0) is 15.0. The van der Waals surface area contributed by atoms with Gasteiger partial charge in [-0.15, -0.1) is 0 Å². The molecule has 0 aromatic heterocycles. The fraction of sp³-hybridized carbons (Fsp3) is 0.600. The van der Waals surface area contributed by atoms with Gasteiger partial charge < -0.3 is 14.8 Å². The zero-order valence-electron chi connectivity index (χ0n) is 12.3. The summed E-state index contributed by atoms with van der Waals surface area (Å²) in [4.78, 5) is 0. The van der Waals surface area contributed by atoms with Crippen LogP contribution in [0.5, 0.6) is 5.75 Å². The minimum Gasteiger partial charge on any atom is -0.491 e. The van der Waals surface area contributed by atoms with Gasteiger partial charge >= 0.3 is 0 Å². The van der Waals surface area contributed by atoms with E-state index >= 15 is 0 Å². The molecule has 0 fully saturated rings. The lowest BCUT2D eigenvalue weighted by Crippen LogP contribution is -2.18. The van der Waals surface area contributed by atoms with Crippen molar-refractivity contribution in [1.29, 1.82) is 0 Å². The van der Waals surface area contributed by atoms with Crippen molar-refractivity contribution < 1.29 is 9.47 Å². The fourth-order valence-corrected chi connectivity index (χ4v) is 3.17. The normalized spacial score (nSPS) is 11.1. The van der Waals surface area contributed by atoms with Crippen molar-refractivity contribution >= 4 is 31.9 Å². The summed E-state index contributed by atoms with van der Waals surface area (Å²) >= 11 is 7.16. The van der Waals surface area contributed by atoms with Crippen molar-refractivity contribution in [2.24, 2.45) is 5.92 Å². The Morgan fingerprint density at radius 2 is 1.80 bits per heavy atom. The molecule has 0 saturated heterocycles. The Labute approximate surface area is 138 Å². The van der Waals surface area contributed by atoms with Crippen molar-refractivity contribution in [2.75, 3.05) is 26.9 Å². The second-order valence-corrected chi connectivity index (χ2v) is 6.80. The van der Waals surface area contributed by atoms with Crippen LogP contribution in [0.2, 0.25) is 0 Å². The number of benzene rings is 1. The number of hydrogen-bond acceptors (Lipinski definition) is 3. The van der Waals surface area contributed by atoms with Gasteiger partial charge in [0.25, 0.3) is 0 Å². The van der Waals surface area contributed by atoms with E-state index in [9.17, 15) is 0 Å². The predicted octanol–water partition coefficient (Wildman–Crippen LogP) is 4.37. The number of methoxy groups -OCH3 is 1. The summed E-state index contributed by atoms with van der Waals surface area (Å²) in [6.07, 6.45) is 1.05. The molecule has 0 atom stereocenters. The number of ether oxygens (including phenoxy) is 2. The summed E-state index contributed by atoms with van der Waals surface area (Å²) in [5, 5.41) is 3.33. The number of hydrogen-bond donors (Lipinski definition) is 1. The van der Waals surface area contributed by atoms with Crippen LogP contribution in [0.25, 0.3) is 0 Å². The lowest BCUT2D eigenvalue weighted by atomic mass is 10.1. The first kappa shape index (κ1) is 18.0.